The van der Waals surface area contributed by atoms with Crippen molar-refractivity contribution in [3.63, 3.8) is 0 Å². The molecule has 2 N–H and O–H groups in total. The maximum atomic E-state index is 12.0. The predicted molar refractivity (Wildman–Crippen MR) is 120 cm³/mol. The lowest BCUT2D eigenvalue weighted by atomic mass is 10.2. The summed E-state index contributed by atoms with van der Waals surface area (Å²) in [5, 5.41) is 5.39. The van der Waals surface area contributed by atoms with Gasteiger partial charge in [-0.05, 0) is 61.5 Å². The Balaban J connectivity index is 1.50. The molecule has 0 aliphatic rings. The minimum atomic E-state index is -0.813. The Kier molecular flexibility index (Phi) is 7.77. The Hall–Kier alpha value is -3.91. The molecule has 0 atom stereocenters. The summed E-state index contributed by atoms with van der Waals surface area (Å²) in [6.45, 7) is 2.09. The summed E-state index contributed by atoms with van der Waals surface area (Å²) in [5.74, 6) is -1.09. The lowest BCUT2D eigenvalue weighted by Crippen LogP contribution is -2.34. The highest BCUT2D eigenvalue weighted by Gasteiger charge is 2.14. The monoisotopic (exact) mass is 453 g/mol. The van der Waals surface area contributed by atoms with Gasteiger partial charge in [0.25, 0.3) is 0 Å². The van der Waals surface area contributed by atoms with Crippen LogP contribution in [0.1, 0.15) is 28.8 Å². The molecule has 0 fully saturated rings. The topological polar surface area (TPSA) is 110 Å². The molecule has 0 saturated heterocycles. The Bertz CT molecular complexity index is 1140. The molecule has 0 spiro atoms. The van der Waals surface area contributed by atoms with Crippen molar-refractivity contribution >= 4 is 47.0 Å². The molecule has 164 valence electrons. The molecule has 0 bridgehead atoms. The maximum absolute atomic E-state index is 12.0. The van der Waals surface area contributed by atoms with E-state index in [4.69, 9.17) is 20.8 Å². The van der Waals surface area contributed by atoms with Gasteiger partial charge >= 0.3 is 17.8 Å². The summed E-state index contributed by atoms with van der Waals surface area (Å²) in [7, 11) is 0. The van der Waals surface area contributed by atoms with Gasteiger partial charge in [0.15, 0.2) is 0 Å². The van der Waals surface area contributed by atoms with Gasteiger partial charge in [0.2, 0.25) is 0 Å². The van der Waals surface area contributed by atoms with Crippen LogP contribution in [0.2, 0.25) is 5.02 Å². The van der Waals surface area contributed by atoms with Gasteiger partial charge < -0.3 is 19.8 Å². The fraction of sp³-hybridized carbons (Fsp3) is 0.130. The van der Waals surface area contributed by atoms with Crippen molar-refractivity contribution in [1.82, 2.24) is 5.32 Å². The Morgan fingerprint density at radius 2 is 1.84 bits per heavy atom. The van der Waals surface area contributed by atoms with Crippen molar-refractivity contribution < 1.29 is 23.5 Å². The van der Waals surface area contributed by atoms with Crippen LogP contribution in [0.3, 0.4) is 0 Å². The van der Waals surface area contributed by atoms with Gasteiger partial charge in [-0.25, -0.2) is 4.79 Å². The molecule has 0 radical (unpaired) electrons. The first-order valence-corrected chi connectivity index (χ1v) is 10.1. The summed E-state index contributed by atoms with van der Waals surface area (Å²) in [4.78, 5) is 39.9. The number of carbonyl (C=O) groups is 3. The van der Waals surface area contributed by atoms with Gasteiger partial charge in [-0.15, -0.1) is 0 Å². The number of esters is 1. The van der Waals surface area contributed by atoms with Crippen molar-refractivity contribution in [3.05, 3.63) is 82.8 Å². The average Bonchev–Trinajstić information content (AvgIpc) is 3.24. The second-order valence-corrected chi connectivity index (χ2v) is 6.91. The molecule has 0 saturated carbocycles. The number of aliphatic imine (C=N–C) groups is 1. The van der Waals surface area contributed by atoms with Crippen molar-refractivity contribution in [2.75, 3.05) is 11.9 Å². The van der Waals surface area contributed by atoms with Crippen molar-refractivity contribution in [2.24, 2.45) is 4.99 Å². The van der Waals surface area contributed by atoms with Crippen LogP contribution in [0.25, 0.3) is 0 Å². The van der Waals surface area contributed by atoms with E-state index in [1.54, 1.807) is 61.5 Å². The van der Waals surface area contributed by atoms with Crippen LogP contribution in [0.15, 0.2) is 70.1 Å². The van der Waals surface area contributed by atoms with Gasteiger partial charge in [0.1, 0.15) is 11.5 Å². The van der Waals surface area contributed by atoms with Gasteiger partial charge in [-0.2, -0.15) is 0 Å². The Labute approximate surface area is 189 Å². The normalized spacial score (nSPS) is 10.7. The van der Waals surface area contributed by atoms with Crippen molar-refractivity contribution in [2.45, 2.75) is 13.5 Å². The third-order valence-electron chi connectivity index (χ3n) is 4.11. The quantitative estimate of drug-likeness (QED) is 0.317. The number of nitrogens with one attached hydrogen (secondary N) is 2. The molecule has 0 aliphatic heterocycles. The van der Waals surface area contributed by atoms with Crippen LogP contribution in [0.5, 0.6) is 0 Å². The SMILES string of the molecule is CCOC(=O)c1ccc(N=Cc2ccc(CNC(=O)C(=O)Nc3cccc(Cl)c3)o2)cc1. The summed E-state index contributed by atoms with van der Waals surface area (Å²) >= 11 is 5.85. The minimum absolute atomic E-state index is 0.0316. The van der Waals surface area contributed by atoms with Crippen molar-refractivity contribution in [1.29, 1.82) is 0 Å². The number of ether oxygens (including phenoxy) is 1. The van der Waals surface area contributed by atoms with E-state index >= 15 is 0 Å². The number of hydrogen-bond donors (Lipinski definition) is 2. The van der Waals surface area contributed by atoms with E-state index < -0.39 is 11.8 Å². The van der Waals surface area contributed by atoms with Crippen LogP contribution in [0.4, 0.5) is 11.4 Å². The highest BCUT2D eigenvalue weighted by atomic mass is 35.5. The van der Waals surface area contributed by atoms with Crippen LogP contribution >= 0.6 is 11.6 Å². The fourth-order valence-electron chi connectivity index (χ4n) is 2.60. The van der Waals surface area contributed by atoms with Crippen molar-refractivity contribution in [3.8, 4) is 0 Å². The highest BCUT2D eigenvalue weighted by Crippen LogP contribution is 2.16. The lowest BCUT2D eigenvalue weighted by molar-refractivity contribution is -0.136. The first kappa shape index (κ1) is 22.8. The van der Waals surface area contributed by atoms with E-state index in [0.29, 0.717) is 40.1 Å². The van der Waals surface area contributed by atoms with Crippen LogP contribution in [-0.2, 0) is 20.9 Å². The van der Waals surface area contributed by atoms with E-state index in [1.807, 2.05) is 0 Å². The van der Waals surface area contributed by atoms with E-state index in [2.05, 4.69) is 15.6 Å². The molecule has 0 unspecified atom stereocenters. The molecular formula is C23H20ClN3O5. The Morgan fingerprint density at radius 3 is 2.56 bits per heavy atom. The zero-order chi connectivity index (χ0) is 22.9. The first-order valence-electron chi connectivity index (χ1n) is 9.69. The summed E-state index contributed by atoms with van der Waals surface area (Å²) in [6.07, 6.45) is 1.51. The molecule has 3 rings (SSSR count). The molecule has 9 heteroatoms. The minimum Gasteiger partial charge on any atom is -0.462 e. The van der Waals surface area contributed by atoms with Crippen LogP contribution < -0.4 is 10.6 Å². The highest BCUT2D eigenvalue weighted by molar-refractivity contribution is 6.39. The lowest BCUT2D eigenvalue weighted by Gasteiger charge is -2.05. The maximum Gasteiger partial charge on any atom is 0.338 e. The molecule has 8 nitrogen and oxygen atoms in total. The molecule has 32 heavy (non-hydrogen) atoms. The number of carbonyl (C=O) groups excluding carboxylic acids is 3. The summed E-state index contributed by atoms with van der Waals surface area (Å²) in [6, 6.07) is 16.5. The number of furan rings is 1. The molecule has 2 amide bonds. The molecule has 1 aromatic heterocycles. The van der Waals surface area contributed by atoms with E-state index in [1.165, 1.54) is 12.3 Å². The summed E-state index contributed by atoms with van der Waals surface area (Å²) < 4.78 is 10.5. The first-order chi connectivity index (χ1) is 15.4. The standard InChI is InChI=1S/C23H20ClN3O5/c1-2-31-23(30)15-6-8-17(9-7-15)25-13-19-10-11-20(32-19)14-26-21(28)22(29)27-18-5-3-4-16(24)12-18/h3-13H,2,14H2,1H3,(H,26,28)(H,27,29). The summed E-state index contributed by atoms with van der Waals surface area (Å²) in [5.41, 5.74) is 1.49. The van der Waals surface area contributed by atoms with Gasteiger partial charge in [0, 0.05) is 10.7 Å². The van der Waals surface area contributed by atoms with Gasteiger partial charge in [-0.1, -0.05) is 17.7 Å². The predicted octanol–water partition coefficient (Wildman–Crippen LogP) is 4.12. The number of benzene rings is 2. The smallest absolute Gasteiger partial charge is 0.338 e. The number of hydrogen-bond acceptors (Lipinski definition) is 6. The third kappa shape index (κ3) is 6.55. The van der Waals surface area contributed by atoms with Crippen LogP contribution in [0, 0.1) is 0 Å². The molecule has 1 heterocycles. The number of halogens is 1. The second kappa shape index (κ2) is 10.9. The number of nitrogens with zero attached hydrogens (tertiary/aromatic N) is 1. The number of anilines is 1. The molecular weight excluding hydrogens is 434 g/mol. The van der Waals surface area contributed by atoms with Gasteiger partial charge in [0.05, 0.1) is 30.6 Å². The number of amides is 2. The van der Waals surface area contributed by atoms with E-state index in [0.717, 1.165) is 0 Å². The molecule has 2 aromatic carbocycles. The largest absolute Gasteiger partial charge is 0.462 e. The average molecular weight is 454 g/mol. The van der Waals surface area contributed by atoms with E-state index in [-0.39, 0.29) is 12.5 Å². The number of rotatable bonds is 7. The van der Waals surface area contributed by atoms with E-state index in [9.17, 15) is 14.4 Å². The fourth-order valence-corrected chi connectivity index (χ4v) is 2.79. The second-order valence-electron chi connectivity index (χ2n) is 6.48. The molecule has 3 aromatic rings. The zero-order valence-corrected chi connectivity index (χ0v) is 17.9. The Morgan fingerprint density at radius 1 is 1.06 bits per heavy atom. The van der Waals surface area contributed by atoms with Crippen LogP contribution in [-0.4, -0.2) is 30.6 Å². The molecule has 0 aliphatic carbocycles. The zero-order valence-electron chi connectivity index (χ0n) is 17.1. The van der Waals surface area contributed by atoms with Gasteiger partial charge in [-0.3, -0.25) is 14.6 Å². The third-order valence-corrected chi connectivity index (χ3v) is 4.35.